The van der Waals surface area contributed by atoms with E-state index in [1.165, 1.54) is 7.11 Å². The summed E-state index contributed by atoms with van der Waals surface area (Å²) in [4.78, 5) is 28.8. The Hall–Kier alpha value is -3.18. The minimum Gasteiger partial charge on any atom is -0.465 e. The molecule has 0 atom stereocenters. The molecular weight excluding hydrogens is 376 g/mol. The number of nitrogens with zero attached hydrogens (tertiary/aromatic N) is 2. The topological polar surface area (TPSA) is 61.2 Å². The molecule has 1 aromatic heterocycles. The average molecular weight is 395 g/mol. The average Bonchev–Trinajstić information content (AvgIpc) is 3.17. The minimum atomic E-state index is -0.458. The van der Waals surface area contributed by atoms with E-state index in [0.717, 1.165) is 5.56 Å². The van der Waals surface area contributed by atoms with Gasteiger partial charge in [0.2, 0.25) is 5.78 Å². The number of aromatic nitrogens is 2. The van der Waals surface area contributed by atoms with Crippen molar-refractivity contribution in [3.05, 3.63) is 94.0 Å². The lowest BCUT2D eigenvalue weighted by molar-refractivity contribution is 0.0600. The van der Waals surface area contributed by atoms with Gasteiger partial charge >= 0.3 is 5.97 Å². The summed E-state index contributed by atoms with van der Waals surface area (Å²) < 4.78 is 6.56. The van der Waals surface area contributed by atoms with Crippen LogP contribution in [0.25, 0.3) is 6.08 Å². The second-order valence-corrected chi connectivity index (χ2v) is 6.66. The van der Waals surface area contributed by atoms with Crippen molar-refractivity contribution >= 4 is 29.4 Å². The van der Waals surface area contributed by atoms with E-state index < -0.39 is 5.97 Å². The van der Waals surface area contributed by atoms with Crippen LogP contribution < -0.4 is 0 Å². The number of rotatable bonds is 6. The molecule has 5 nitrogen and oxygen atoms in total. The van der Waals surface area contributed by atoms with Crippen molar-refractivity contribution in [2.24, 2.45) is 0 Å². The van der Waals surface area contributed by atoms with Gasteiger partial charge in [-0.3, -0.25) is 4.79 Å². The van der Waals surface area contributed by atoms with Gasteiger partial charge in [-0.15, -0.1) is 0 Å². The van der Waals surface area contributed by atoms with Gasteiger partial charge in [0, 0.05) is 29.5 Å². The first-order chi connectivity index (χ1) is 13.5. The summed E-state index contributed by atoms with van der Waals surface area (Å²) in [5, 5.41) is 0.457. The Labute approximate surface area is 168 Å². The maximum absolute atomic E-state index is 12.7. The normalized spacial score (nSPS) is 11.0. The monoisotopic (exact) mass is 394 g/mol. The van der Waals surface area contributed by atoms with Crippen LogP contribution in [0.5, 0.6) is 0 Å². The highest BCUT2D eigenvalue weighted by molar-refractivity contribution is 6.31. The molecule has 28 heavy (non-hydrogen) atoms. The largest absolute Gasteiger partial charge is 0.465 e. The van der Waals surface area contributed by atoms with Gasteiger partial charge in [0.15, 0.2) is 5.82 Å². The second-order valence-electron chi connectivity index (χ2n) is 6.22. The number of hydrogen-bond acceptors (Lipinski definition) is 4. The third-order valence-electron chi connectivity index (χ3n) is 4.25. The Morgan fingerprint density at radius 2 is 1.93 bits per heavy atom. The summed E-state index contributed by atoms with van der Waals surface area (Å²) in [5.74, 6) is -0.238. The van der Waals surface area contributed by atoms with Crippen LogP contribution in [0.4, 0.5) is 0 Å². The van der Waals surface area contributed by atoms with E-state index in [9.17, 15) is 9.59 Å². The van der Waals surface area contributed by atoms with Crippen LogP contribution in [-0.2, 0) is 11.3 Å². The SMILES string of the molecule is COC(=O)c1cc(Cl)ccc1/C=C/Cn1ccnc1C(=O)c1ccc(C)cc1. The van der Waals surface area contributed by atoms with Gasteiger partial charge in [-0.05, 0) is 24.6 Å². The number of methoxy groups -OCH3 is 1. The van der Waals surface area contributed by atoms with Crippen molar-refractivity contribution in [3.8, 4) is 0 Å². The summed E-state index contributed by atoms with van der Waals surface area (Å²) in [6.45, 7) is 2.40. The summed E-state index contributed by atoms with van der Waals surface area (Å²) in [6.07, 6.45) is 6.98. The fourth-order valence-electron chi connectivity index (χ4n) is 2.75. The van der Waals surface area contributed by atoms with Crippen LogP contribution in [0.15, 0.2) is 60.9 Å². The Morgan fingerprint density at radius 3 is 2.64 bits per heavy atom. The molecular formula is C22H19ClN2O3. The molecule has 142 valence electrons. The number of allylic oxidation sites excluding steroid dienone is 1. The molecule has 0 saturated carbocycles. The van der Waals surface area contributed by atoms with Gasteiger partial charge in [-0.25, -0.2) is 9.78 Å². The third-order valence-corrected chi connectivity index (χ3v) is 4.49. The molecule has 6 heteroatoms. The molecule has 3 aromatic rings. The van der Waals surface area contributed by atoms with Crippen LogP contribution in [0, 0.1) is 6.92 Å². The lowest BCUT2D eigenvalue weighted by atomic mass is 10.1. The van der Waals surface area contributed by atoms with Gasteiger partial charge < -0.3 is 9.30 Å². The summed E-state index contributed by atoms with van der Waals surface area (Å²) in [7, 11) is 1.32. The van der Waals surface area contributed by atoms with Crippen molar-refractivity contribution in [3.63, 3.8) is 0 Å². The molecule has 1 heterocycles. The molecule has 0 fully saturated rings. The molecule has 0 amide bonds. The first-order valence-corrected chi connectivity index (χ1v) is 9.04. The Balaban J connectivity index is 1.80. The molecule has 0 saturated heterocycles. The zero-order chi connectivity index (χ0) is 20.1. The first-order valence-electron chi connectivity index (χ1n) is 8.66. The van der Waals surface area contributed by atoms with Crippen LogP contribution in [0.3, 0.4) is 0 Å². The number of halogens is 1. The highest BCUT2D eigenvalue weighted by Gasteiger charge is 2.15. The zero-order valence-corrected chi connectivity index (χ0v) is 16.3. The summed E-state index contributed by atoms with van der Waals surface area (Å²) >= 11 is 5.97. The second kappa shape index (κ2) is 8.67. The van der Waals surface area contributed by atoms with E-state index in [2.05, 4.69) is 4.98 Å². The van der Waals surface area contributed by atoms with Gasteiger partial charge in [-0.1, -0.05) is 59.6 Å². The van der Waals surface area contributed by atoms with E-state index in [0.29, 0.717) is 34.1 Å². The van der Waals surface area contributed by atoms with Gasteiger partial charge in [0.1, 0.15) is 0 Å². The number of ether oxygens (including phenoxy) is 1. The van der Waals surface area contributed by atoms with Crippen molar-refractivity contribution in [1.29, 1.82) is 0 Å². The molecule has 3 rings (SSSR count). The summed E-state index contributed by atoms with van der Waals surface area (Å²) in [5.41, 5.74) is 2.75. The quantitative estimate of drug-likeness (QED) is 0.453. The molecule has 0 radical (unpaired) electrons. The molecule has 0 aliphatic rings. The van der Waals surface area contributed by atoms with E-state index in [4.69, 9.17) is 16.3 Å². The maximum Gasteiger partial charge on any atom is 0.338 e. The number of ketones is 1. The molecule has 0 unspecified atom stereocenters. The van der Waals surface area contributed by atoms with Crippen LogP contribution in [-0.4, -0.2) is 28.4 Å². The van der Waals surface area contributed by atoms with Crippen LogP contribution >= 0.6 is 11.6 Å². The standard InChI is InChI=1S/C22H19ClN2O3/c1-15-5-7-17(8-6-15)20(26)21-24-11-13-25(21)12-3-4-16-9-10-18(23)14-19(16)22(27)28-2/h3-11,13-14H,12H2,1-2H3/b4-3+. The van der Waals surface area contributed by atoms with Crippen molar-refractivity contribution < 1.29 is 14.3 Å². The fraction of sp³-hybridized carbons (Fsp3) is 0.136. The van der Waals surface area contributed by atoms with E-state index in [1.54, 1.807) is 53.4 Å². The third kappa shape index (κ3) is 4.38. The lowest BCUT2D eigenvalue weighted by Crippen LogP contribution is -2.10. The van der Waals surface area contributed by atoms with Crippen molar-refractivity contribution in [2.75, 3.05) is 7.11 Å². The summed E-state index contributed by atoms with van der Waals surface area (Å²) in [6, 6.07) is 12.4. The molecule has 0 N–H and O–H groups in total. The van der Waals surface area contributed by atoms with E-state index in [1.807, 2.05) is 25.1 Å². The van der Waals surface area contributed by atoms with E-state index >= 15 is 0 Å². The predicted octanol–water partition coefficient (Wildman–Crippen LogP) is 4.58. The lowest BCUT2D eigenvalue weighted by Gasteiger charge is -2.06. The number of carbonyl (C=O) groups is 2. The fourth-order valence-corrected chi connectivity index (χ4v) is 2.93. The Kier molecular flexibility index (Phi) is 6.06. The number of benzene rings is 2. The molecule has 0 aliphatic heterocycles. The van der Waals surface area contributed by atoms with Gasteiger partial charge in [0.05, 0.1) is 12.7 Å². The molecule has 2 aromatic carbocycles. The number of hydrogen-bond donors (Lipinski definition) is 0. The highest BCUT2D eigenvalue weighted by Crippen LogP contribution is 2.19. The molecule has 0 spiro atoms. The highest BCUT2D eigenvalue weighted by atomic mass is 35.5. The molecule has 0 aliphatic carbocycles. The van der Waals surface area contributed by atoms with Crippen molar-refractivity contribution in [2.45, 2.75) is 13.5 Å². The maximum atomic E-state index is 12.7. The zero-order valence-electron chi connectivity index (χ0n) is 15.6. The number of esters is 1. The smallest absolute Gasteiger partial charge is 0.338 e. The number of aryl methyl sites for hydroxylation is 1. The Bertz CT molecular complexity index is 1040. The predicted molar refractivity (Wildman–Crippen MR) is 109 cm³/mol. The van der Waals surface area contributed by atoms with Crippen molar-refractivity contribution in [1.82, 2.24) is 9.55 Å². The Morgan fingerprint density at radius 1 is 1.18 bits per heavy atom. The van der Waals surface area contributed by atoms with Gasteiger partial charge in [-0.2, -0.15) is 0 Å². The van der Waals surface area contributed by atoms with Gasteiger partial charge in [0.25, 0.3) is 0 Å². The number of imidazole rings is 1. The van der Waals surface area contributed by atoms with Crippen LogP contribution in [0.2, 0.25) is 5.02 Å². The van der Waals surface area contributed by atoms with Crippen LogP contribution in [0.1, 0.15) is 37.7 Å². The molecule has 0 bridgehead atoms. The number of carbonyl (C=O) groups excluding carboxylic acids is 2. The van der Waals surface area contributed by atoms with E-state index in [-0.39, 0.29) is 5.78 Å². The first kappa shape index (κ1) is 19.6. The minimum absolute atomic E-state index is 0.139.